The van der Waals surface area contributed by atoms with Gasteiger partial charge in [0, 0.05) is 56.6 Å². The van der Waals surface area contributed by atoms with Gasteiger partial charge >= 0.3 is 12.2 Å². The molecule has 21 heteroatoms. The van der Waals surface area contributed by atoms with Gasteiger partial charge in [-0.05, 0) is 181 Å². The summed E-state index contributed by atoms with van der Waals surface area (Å²) in [5.74, 6) is 3.41. The minimum Gasteiger partial charge on any atom is -0.497 e. The molecule has 4 aliphatic carbocycles. The lowest BCUT2D eigenvalue weighted by Gasteiger charge is -2.58. The van der Waals surface area contributed by atoms with Crippen LogP contribution in [0.25, 0.3) is 0 Å². The van der Waals surface area contributed by atoms with Crippen LogP contribution in [-0.4, -0.2) is 112 Å². The number of ether oxygens (including phenoxy) is 6. The second-order valence-electron chi connectivity index (χ2n) is 30.6. The second-order valence-corrected chi connectivity index (χ2v) is 30.6. The zero-order chi connectivity index (χ0) is 76.5. The molecule has 578 valence electrons. The number of nitro benzene ring substituents is 1. The van der Waals surface area contributed by atoms with Crippen molar-refractivity contribution in [3.8, 4) is 11.5 Å². The Morgan fingerprint density at radius 1 is 0.602 bits per heavy atom. The van der Waals surface area contributed by atoms with E-state index in [-0.39, 0.29) is 94.1 Å². The maximum atomic E-state index is 14.7. The molecule has 5 amide bonds. The van der Waals surface area contributed by atoms with E-state index in [0.29, 0.717) is 54.3 Å². The Bertz CT molecular complexity index is 3880. The molecule has 6 aromatic carbocycles. The van der Waals surface area contributed by atoms with Gasteiger partial charge in [-0.15, -0.1) is 0 Å². The van der Waals surface area contributed by atoms with Crippen LogP contribution in [0.2, 0.25) is 0 Å². The summed E-state index contributed by atoms with van der Waals surface area (Å²) in [6, 6.07) is 46.7. The standard InChI is InChI=1S/C87H111N7O14/c1-60(2)19-18-20-61(3)74-42-43-75-73-41-32-67-58-72(46-48-85(67,4)76(73)47-49-86(74,75)5)107-83(99)89-52-54-105-56-55-104-53-51-88-79(95)44-45-80(96)92-78(57-62-21-10-7-11-22-62)82(98)93-77(81(97)91-68-33-28-63(29-34-68)59-106-84(100)108-71-39-35-69(36-40-71)94(101)102)27-16-17-50-90-87(64-23-12-8-13-24-64,65-25-14-9-15-26-65)66-30-37-70(103-6)38-31-66/h7-15,21-26,28-40,60-61,72-78,90H,16-20,27,41-59H2,1-6H3,(H,88,95)(H,89,99)(H,91,97)(H,92,96)(H,93,98). The lowest BCUT2D eigenvalue weighted by Crippen LogP contribution is -2.53. The van der Waals surface area contributed by atoms with Crippen molar-refractivity contribution in [1.29, 1.82) is 0 Å². The molecule has 6 N–H and O–H groups in total. The number of nitrogens with one attached hydrogen (secondary N) is 6. The van der Waals surface area contributed by atoms with Gasteiger partial charge in [-0.25, -0.2) is 9.59 Å². The Balaban J connectivity index is 0.668. The fourth-order valence-corrected chi connectivity index (χ4v) is 17.5. The Labute approximate surface area is 636 Å². The molecular weight excluding hydrogens is 1370 g/mol. The van der Waals surface area contributed by atoms with E-state index in [0.717, 1.165) is 77.5 Å². The van der Waals surface area contributed by atoms with Crippen molar-refractivity contribution in [2.45, 2.75) is 174 Å². The van der Waals surface area contributed by atoms with Gasteiger partial charge in [0.05, 0.1) is 44.0 Å². The van der Waals surface area contributed by atoms with E-state index in [1.165, 1.54) is 74.8 Å². The highest BCUT2D eigenvalue weighted by atomic mass is 16.7. The van der Waals surface area contributed by atoms with Crippen LogP contribution in [0.1, 0.15) is 165 Å². The number of allylic oxidation sites excluding steroid dienone is 1. The number of unbranched alkanes of at least 4 members (excludes halogenated alkanes) is 1. The number of rotatable bonds is 39. The highest BCUT2D eigenvalue weighted by Gasteiger charge is 2.59. The number of carbonyl (C=O) groups is 6. The largest absolute Gasteiger partial charge is 0.514 e. The van der Waals surface area contributed by atoms with Gasteiger partial charge in [0.25, 0.3) is 5.69 Å². The fraction of sp³-hybridized carbons (Fsp3) is 0.494. The minimum absolute atomic E-state index is 0.0625. The Morgan fingerprint density at radius 2 is 1.24 bits per heavy atom. The Morgan fingerprint density at radius 3 is 1.90 bits per heavy atom. The number of amides is 5. The highest BCUT2D eigenvalue weighted by molar-refractivity contribution is 5.98. The first-order valence-corrected chi connectivity index (χ1v) is 38.9. The SMILES string of the molecule is COc1ccc(C(NCCCCC(NC(=O)C(Cc2ccccc2)NC(=O)CCC(=O)NCCOCCOCCNC(=O)OC2CCC3(C)C(=CCC4C3CCC3(C)C(C(C)CCCC(C)C)CCC43)C2)C(=O)Nc2ccc(COC(=O)Oc3ccc([N+](=O)[O-])cc3)cc2)(c2ccccc2)c2ccccc2)cc1. The van der Waals surface area contributed by atoms with Crippen LogP contribution in [0.4, 0.5) is 21.0 Å². The van der Waals surface area contributed by atoms with E-state index in [4.69, 9.17) is 28.4 Å². The third-order valence-corrected chi connectivity index (χ3v) is 23.2. The van der Waals surface area contributed by atoms with E-state index >= 15 is 0 Å². The van der Waals surface area contributed by atoms with Crippen LogP contribution in [-0.2, 0) is 56.7 Å². The molecule has 0 heterocycles. The first-order valence-electron chi connectivity index (χ1n) is 38.9. The van der Waals surface area contributed by atoms with Crippen molar-refractivity contribution < 1.29 is 62.1 Å². The molecule has 3 fully saturated rings. The lowest BCUT2D eigenvalue weighted by atomic mass is 9.47. The van der Waals surface area contributed by atoms with Crippen molar-refractivity contribution in [2.75, 3.05) is 58.5 Å². The average Bonchev–Trinajstić information content (AvgIpc) is 1.42. The molecule has 108 heavy (non-hydrogen) atoms. The summed E-state index contributed by atoms with van der Waals surface area (Å²) >= 11 is 0. The molecule has 10 rings (SSSR count). The van der Waals surface area contributed by atoms with Gasteiger partial charge in [0.15, 0.2) is 0 Å². The smallest absolute Gasteiger partial charge is 0.497 e. The van der Waals surface area contributed by atoms with E-state index in [1.54, 1.807) is 31.4 Å². The fourth-order valence-electron chi connectivity index (χ4n) is 17.5. The molecule has 4 aliphatic rings. The van der Waals surface area contributed by atoms with Crippen LogP contribution in [0, 0.1) is 56.5 Å². The summed E-state index contributed by atoms with van der Waals surface area (Å²) in [7, 11) is 1.63. The quantitative estimate of drug-likeness (QED) is 0.00398. The summed E-state index contributed by atoms with van der Waals surface area (Å²) < 4.78 is 33.4. The minimum atomic E-state index is -1.14. The van der Waals surface area contributed by atoms with Crippen molar-refractivity contribution in [1.82, 2.24) is 26.6 Å². The third-order valence-electron chi connectivity index (χ3n) is 23.2. The first-order chi connectivity index (χ1) is 52.2. The van der Waals surface area contributed by atoms with Crippen molar-refractivity contribution in [3.05, 3.63) is 213 Å². The molecule has 0 saturated heterocycles. The number of nitro groups is 1. The number of hydrogen-bond acceptors (Lipinski definition) is 15. The number of methoxy groups -OCH3 is 1. The van der Waals surface area contributed by atoms with Crippen LogP contribution in [0.15, 0.2) is 175 Å². The monoisotopic (exact) mass is 1480 g/mol. The molecule has 0 aromatic heterocycles. The topological polar surface area (TPSA) is 273 Å². The molecule has 3 saturated carbocycles. The van der Waals surface area contributed by atoms with Crippen LogP contribution in [0.5, 0.6) is 11.5 Å². The predicted molar refractivity (Wildman–Crippen MR) is 416 cm³/mol. The van der Waals surface area contributed by atoms with Gasteiger partial charge in [-0.3, -0.25) is 34.6 Å². The summed E-state index contributed by atoms with van der Waals surface area (Å²) in [4.78, 5) is 92.0. The number of non-ortho nitro benzene ring substituents is 1. The number of alkyl carbamates (subject to hydrolysis) is 1. The van der Waals surface area contributed by atoms with Crippen molar-refractivity contribution in [3.63, 3.8) is 0 Å². The van der Waals surface area contributed by atoms with Gasteiger partial charge in [0.2, 0.25) is 23.6 Å². The van der Waals surface area contributed by atoms with Gasteiger partial charge in [0.1, 0.15) is 36.3 Å². The number of anilines is 1. The number of nitrogens with zero attached hydrogens (tertiary/aromatic N) is 1. The van der Waals surface area contributed by atoms with Gasteiger partial charge in [-0.2, -0.15) is 0 Å². The number of benzene rings is 6. The molecule has 0 spiro atoms. The van der Waals surface area contributed by atoms with E-state index < -0.39 is 52.5 Å². The molecule has 21 nitrogen and oxygen atoms in total. The molecule has 10 atom stereocenters. The maximum Gasteiger partial charge on any atom is 0.514 e. The van der Waals surface area contributed by atoms with E-state index in [2.05, 4.69) is 96.9 Å². The third kappa shape index (κ3) is 21.9. The molecule has 6 aromatic rings. The van der Waals surface area contributed by atoms with Crippen molar-refractivity contribution in [2.24, 2.45) is 46.3 Å². The molecule has 0 bridgehead atoms. The van der Waals surface area contributed by atoms with Crippen LogP contribution in [0.3, 0.4) is 0 Å². The number of fused-ring (bicyclic) bond motifs is 5. The highest BCUT2D eigenvalue weighted by Crippen LogP contribution is 2.67. The molecule has 10 unspecified atom stereocenters. The van der Waals surface area contributed by atoms with Crippen molar-refractivity contribution >= 4 is 47.3 Å². The maximum absolute atomic E-state index is 14.7. The first kappa shape index (κ1) is 81.1. The van der Waals surface area contributed by atoms with Crippen LogP contribution >= 0.6 is 0 Å². The lowest BCUT2D eigenvalue weighted by molar-refractivity contribution is -0.384. The van der Waals surface area contributed by atoms with E-state index in [1.807, 2.05) is 91.0 Å². The molecule has 0 radical (unpaired) electrons. The predicted octanol–water partition coefficient (Wildman–Crippen LogP) is 15.3. The summed E-state index contributed by atoms with van der Waals surface area (Å²) in [6.45, 7) is 14.2. The summed E-state index contributed by atoms with van der Waals surface area (Å²) in [5.41, 5.74) is 5.88. The zero-order valence-corrected chi connectivity index (χ0v) is 63.7. The number of hydrogen-bond donors (Lipinski definition) is 6. The Kier molecular flexibility index (Phi) is 29.7. The Hall–Kier alpha value is -9.44. The summed E-state index contributed by atoms with van der Waals surface area (Å²) in [5, 5.41) is 29.4. The second kappa shape index (κ2) is 39.6. The van der Waals surface area contributed by atoms with Gasteiger partial charge in [-0.1, -0.05) is 181 Å². The normalized spacial score (nSPS) is 20.9. The average molecular weight is 1480 g/mol. The number of carbonyl (C=O) groups excluding carboxylic acids is 6. The molecule has 0 aliphatic heterocycles. The van der Waals surface area contributed by atoms with E-state index in [9.17, 15) is 38.9 Å². The van der Waals surface area contributed by atoms with Gasteiger partial charge < -0.3 is 55.0 Å². The summed E-state index contributed by atoms with van der Waals surface area (Å²) in [6.07, 6.45) is 15.3. The molecular formula is C87H111N7O14. The van der Waals surface area contributed by atoms with Crippen LogP contribution < -0.4 is 41.4 Å². The zero-order valence-electron chi connectivity index (χ0n) is 63.7.